The average molecular weight is 276 g/mol. The minimum atomic E-state index is -0.609. The lowest BCUT2D eigenvalue weighted by Crippen LogP contribution is -2.33. The van der Waals surface area contributed by atoms with Crippen molar-refractivity contribution < 1.29 is 9.53 Å². The van der Waals surface area contributed by atoms with Crippen LogP contribution in [0.1, 0.15) is 5.69 Å². The van der Waals surface area contributed by atoms with Crippen LogP contribution < -0.4 is 5.73 Å². The van der Waals surface area contributed by atoms with Gasteiger partial charge in [-0.25, -0.2) is 0 Å². The Kier molecular flexibility index (Phi) is 4.39. The first kappa shape index (κ1) is 13.8. The molecule has 2 N–H and O–H groups in total. The van der Waals surface area contributed by atoms with Crippen LogP contribution in [0.3, 0.4) is 0 Å². The lowest BCUT2D eigenvalue weighted by atomic mass is 10.2. The number of esters is 1. The fourth-order valence-electron chi connectivity index (χ4n) is 1.79. The van der Waals surface area contributed by atoms with Crippen molar-refractivity contribution in [3.63, 3.8) is 0 Å². The average Bonchev–Trinajstić information content (AvgIpc) is 2.43. The molecule has 4 nitrogen and oxygen atoms in total. The monoisotopic (exact) mass is 276 g/mol. The number of carbonyl (C=O) groups excluding carboxylic acids is 1. The van der Waals surface area contributed by atoms with Crippen LogP contribution in [0, 0.1) is 6.92 Å². The van der Waals surface area contributed by atoms with Gasteiger partial charge in [-0.05, 0) is 19.1 Å². The van der Waals surface area contributed by atoms with Crippen LogP contribution in [0.2, 0.25) is 0 Å². The Morgan fingerprint density at radius 2 is 2.21 bits per heavy atom. The summed E-state index contributed by atoms with van der Waals surface area (Å²) in [4.78, 5) is 16.9. The molecule has 1 heterocycles. The van der Waals surface area contributed by atoms with Crippen LogP contribution in [0.4, 0.5) is 0 Å². The number of hydrogen-bond acceptors (Lipinski definition) is 5. The van der Waals surface area contributed by atoms with Gasteiger partial charge in [-0.3, -0.25) is 9.78 Å². The maximum atomic E-state index is 11.3. The van der Waals surface area contributed by atoms with Gasteiger partial charge in [0, 0.05) is 21.7 Å². The molecule has 1 unspecified atom stereocenters. The van der Waals surface area contributed by atoms with Gasteiger partial charge in [-0.2, -0.15) is 0 Å². The predicted molar refractivity (Wildman–Crippen MR) is 77.2 cm³/mol. The van der Waals surface area contributed by atoms with Crippen molar-refractivity contribution >= 4 is 28.6 Å². The van der Waals surface area contributed by atoms with E-state index in [2.05, 4.69) is 9.72 Å². The van der Waals surface area contributed by atoms with Crippen molar-refractivity contribution in [1.82, 2.24) is 4.98 Å². The molecule has 0 aliphatic carbocycles. The molecule has 1 aromatic carbocycles. The van der Waals surface area contributed by atoms with E-state index in [1.165, 1.54) is 7.11 Å². The molecule has 0 spiro atoms. The van der Waals surface area contributed by atoms with Crippen molar-refractivity contribution in [1.29, 1.82) is 0 Å². The summed E-state index contributed by atoms with van der Waals surface area (Å²) in [6.45, 7) is 1.96. The first-order valence-corrected chi connectivity index (χ1v) is 6.93. The van der Waals surface area contributed by atoms with Crippen molar-refractivity contribution in [2.24, 2.45) is 5.73 Å². The number of ether oxygens (including phenoxy) is 1. The van der Waals surface area contributed by atoms with E-state index < -0.39 is 6.04 Å². The number of aryl methyl sites for hydroxylation is 1. The largest absolute Gasteiger partial charge is 0.468 e. The SMILES string of the molecule is COC(=O)C(N)CSc1cc(C)nc2ccccc12. The van der Waals surface area contributed by atoms with Gasteiger partial charge >= 0.3 is 5.97 Å². The van der Waals surface area contributed by atoms with E-state index in [1.54, 1.807) is 11.8 Å². The van der Waals surface area contributed by atoms with Crippen molar-refractivity contribution in [2.45, 2.75) is 17.9 Å². The highest BCUT2D eigenvalue weighted by atomic mass is 32.2. The molecule has 0 saturated heterocycles. The molecule has 0 saturated carbocycles. The smallest absolute Gasteiger partial charge is 0.323 e. The number of benzene rings is 1. The van der Waals surface area contributed by atoms with E-state index in [0.717, 1.165) is 21.5 Å². The molecular weight excluding hydrogens is 260 g/mol. The number of carbonyl (C=O) groups is 1. The molecule has 2 rings (SSSR count). The first-order chi connectivity index (χ1) is 9.11. The third kappa shape index (κ3) is 3.24. The van der Waals surface area contributed by atoms with Gasteiger partial charge in [0.1, 0.15) is 6.04 Å². The highest BCUT2D eigenvalue weighted by Crippen LogP contribution is 2.28. The number of nitrogens with zero attached hydrogens (tertiary/aromatic N) is 1. The highest BCUT2D eigenvalue weighted by Gasteiger charge is 2.14. The van der Waals surface area contributed by atoms with E-state index >= 15 is 0 Å². The van der Waals surface area contributed by atoms with Crippen molar-refractivity contribution in [3.05, 3.63) is 36.0 Å². The zero-order chi connectivity index (χ0) is 13.8. The Morgan fingerprint density at radius 3 is 2.95 bits per heavy atom. The molecule has 0 fully saturated rings. The van der Waals surface area contributed by atoms with Crippen LogP contribution in [0.5, 0.6) is 0 Å². The number of thioether (sulfide) groups is 1. The van der Waals surface area contributed by atoms with E-state index in [0.29, 0.717) is 5.75 Å². The Balaban J connectivity index is 2.23. The first-order valence-electron chi connectivity index (χ1n) is 5.94. The maximum Gasteiger partial charge on any atom is 0.323 e. The van der Waals surface area contributed by atoms with Gasteiger partial charge in [0.15, 0.2) is 0 Å². The van der Waals surface area contributed by atoms with Gasteiger partial charge in [0.25, 0.3) is 0 Å². The van der Waals surface area contributed by atoms with E-state index in [4.69, 9.17) is 5.73 Å². The van der Waals surface area contributed by atoms with Gasteiger partial charge in [0.05, 0.1) is 12.6 Å². The zero-order valence-electron chi connectivity index (χ0n) is 10.9. The molecular formula is C14H16N2O2S. The lowest BCUT2D eigenvalue weighted by Gasteiger charge is -2.11. The van der Waals surface area contributed by atoms with Gasteiger partial charge in [-0.1, -0.05) is 18.2 Å². The Labute approximate surface area is 116 Å². The summed E-state index contributed by atoms with van der Waals surface area (Å²) in [5, 5.41) is 1.08. The van der Waals surface area contributed by atoms with Crippen LogP contribution in [0.15, 0.2) is 35.2 Å². The van der Waals surface area contributed by atoms with Crippen LogP contribution in [-0.4, -0.2) is 29.9 Å². The third-order valence-corrected chi connectivity index (χ3v) is 3.90. The fourth-order valence-corrected chi connectivity index (χ4v) is 2.86. The second-order valence-electron chi connectivity index (χ2n) is 4.22. The molecule has 1 aromatic heterocycles. The predicted octanol–water partition coefficient (Wildman–Crippen LogP) is 2.14. The quantitative estimate of drug-likeness (QED) is 0.684. The second kappa shape index (κ2) is 6.04. The normalized spacial score (nSPS) is 12.4. The van der Waals surface area contributed by atoms with Gasteiger partial charge < -0.3 is 10.5 Å². The number of methoxy groups -OCH3 is 1. The zero-order valence-corrected chi connectivity index (χ0v) is 11.7. The summed E-state index contributed by atoms with van der Waals surface area (Å²) < 4.78 is 4.62. The summed E-state index contributed by atoms with van der Waals surface area (Å²) in [5.41, 5.74) is 7.65. The summed E-state index contributed by atoms with van der Waals surface area (Å²) in [7, 11) is 1.35. The highest BCUT2D eigenvalue weighted by molar-refractivity contribution is 7.99. The molecule has 0 radical (unpaired) electrons. The van der Waals surface area contributed by atoms with E-state index in [1.807, 2.05) is 37.3 Å². The standard InChI is InChI=1S/C14H16N2O2S/c1-9-7-13(19-8-11(15)14(17)18-2)10-5-3-4-6-12(10)16-9/h3-7,11H,8,15H2,1-2H3. The van der Waals surface area contributed by atoms with E-state index in [9.17, 15) is 4.79 Å². The molecule has 0 aliphatic heterocycles. The van der Waals surface area contributed by atoms with Crippen molar-refractivity contribution in [3.8, 4) is 0 Å². The number of para-hydroxylation sites is 1. The van der Waals surface area contributed by atoms with Crippen molar-refractivity contribution in [2.75, 3.05) is 12.9 Å². The lowest BCUT2D eigenvalue weighted by molar-refractivity contribution is -0.141. The number of nitrogens with two attached hydrogens (primary N) is 1. The molecule has 100 valence electrons. The van der Waals surface area contributed by atoms with Gasteiger partial charge in [-0.15, -0.1) is 11.8 Å². The van der Waals surface area contributed by atoms with Crippen LogP contribution >= 0.6 is 11.8 Å². The Bertz CT molecular complexity index is 601. The number of aromatic nitrogens is 1. The summed E-state index contributed by atoms with van der Waals surface area (Å²) >= 11 is 1.55. The molecule has 5 heteroatoms. The van der Waals surface area contributed by atoms with Gasteiger partial charge in [0.2, 0.25) is 0 Å². The van der Waals surface area contributed by atoms with E-state index in [-0.39, 0.29) is 5.97 Å². The molecule has 0 bridgehead atoms. The minimum Gasteiger partial charge on any atom is -0.468 e. The molecule has 19 heavy (non-hydrogen) atoms. The Morgan fingerprint density at radius 1 is 1.47 bits per heavy atom. The number of pyridine rings is 1. The molecule has 0 amide bonds. The summed E-state index contributed by atoms with van der Waals surface area (Å²) in [6.07, 6.45) is 0. The minimum absolute atomic E-state index is 0.386. The fraction of sp³-hybridized carbons (Fsp3) is 0.286. The topological polar surface area (TPSA) is 65.2 Å². The Hall–Kier alpha value is -1.59. The molecule has 0 aliphatic rings. The second-order valence-corrected chi connectivity index (χ2v) is 5.28. The third-order valence-electron chi connectivity index (χ3n) is 2.73. The maximum absolute atomic E-state index is 11.3. The van der Waals surface area contributed by atoms with Crippen LogP contribution in [-0.2, 0) is 9.53 Å². The number of hydrogen-bond donors (Lipinski definition) is 1. The number of fused-ring (bicyclic) bond motifs is 1. The van der Waals surface area contributed by atoms with Crippen LogP contribution in [0.25, 0.3) is 10.9 Å². The molecule has 2 aromatic rings. The molecule has 1 atom stereocenters. The summed E-state index contributed by atoms with van der Waals surface area (Å²) in [5.74, 6) is 0.0997. The summed E-state index contributed by atoms with van der Waals surface area (Å²) in [6, 6.07) is 9.34. The number of rotatable bonds is 4.